The van der Waals surface area contributed by atoms with E-state index in [4.69, 9.17) is 10.8 Å². The second-order valence-electron chi connectivity index (χ2n) is 4.13. The summed E-state index contributed by atoms with van der Waals surface area (Å²) in [5, 5.41) is 8.58. The quantitative estimate of drug-likeness (QED) is 0.598. The molecule has 0 aromatic carbocycles. The normalized spacial score (nSPS) is 12.0. The first-order chi connectivity index (χ1) is 7.65. The largest absolute Gasteiger partial charge is 0.480 e. The van der Waals surface area contributed by atoms with Crippen LogP contribution >= 0.6 is 0 Å². The van der Waals surface area contributed by atoms with E-state index in [0.29, 0.717) is 10.7 Å². The average molecular weight is 266 g/mol. The molecule has 0 fully saturated rings. The third-order valence-corrected chi connectivity index (χ3v) is 3.79. The van der Waals surface area contributed by atoms with Crippen LogP contribution in [0.5, 0.6) is 0 Å². The molecule has 7 nitrogen and oxygen atoms in total. The molecule has 0 spiro atoms. The van der Waals surface area contributed by atoms with Gasteiger partial charge in [-0.2, -0.15) is 4.31 Å². The lowest BCUT2D eigenvalue weighted by atomic mass is 10.2. The van der Waals surface area contributed by atoms with E-state index >= 15 is 0 Å². The van der Waals surface area contributed by atoms with Crippen LogP contribution in [0.15, 0.2) is 0 Å². The Labute approximate surface area is 101 Å². The van der Waals surface area contributed by atoms with Gasteiger partial charge >= 0.3 is 5.97 Å². The summed E-state index contributed by atoms with van der Waals surface area (Å²) in [5.74, 6) is -2.21. The minimum Gasteiger partial charge on any atom is -0.480 e. The summed E-state index contributed by atoms with van der Waals surface area (Å²) >= 11 is 0. The third-order valence-electron chi connectivity index (χ3n) is 1.99. The Kier molecular flexibility index (Phi) is 6.11. The second-order valence-corrected chi connectivity index (χ2v) is 6.22. The van der Waals surface area contributed by atoms with Crippen molar-refractivity contribution in [3.63, 3.8) is 0 Å². The number of aliphatic carboxylic acids is 1. The maximum absolute atomic E-state index is 11.8. The van der Waals surface area contributed by atoms with E-state index in [2.05, 4.69) is 0 Å². The summed E-state index contributed by atoms with van der Waals surface area (Å²) in [4.78, 5) is 21.2. The van der Waals surface area contributed by atoms with Crippen molar-refractivity contribution in [1.29, 1.82) is 0 Å². The van der Waals surface area contributed by atoms with Crippen molar-refractivity contribution in [2.75, 3.05) is 18.8 Å². The number of primary amides is 1. The molecule has 0 aromatic heterocycles. The van der Waals surface area contributed by atoms with Gasteiger partial charge < -0.3 is 10.8 Å². The zero-order valence-corrected chi connectivity index (χ0v) is 10.7. The van der Waals surface area contributed by atoms with Gasteiger partial charge in [0.05, 0.1) is 12.3 Å². The highest BCUT2D eigenvalue weighted by molar-refractivity contribution is 7.89. The Morgan fingerprint density at radius 3 is 2.18 bits per heavy atom. The second kappa shape index (κ2) is 6.55. The van der Waals surface area contributed by atoms with Crippen LogP contribution in [-0.4, -0.2) is 48.5 Å². The van der Waals surface area contributed by atoms with Gasteiger partial charge in [0.15, 0.2) is 0 Å². The molecule has 0 bridgehead atoms. The van der Waals surface area contributed by atoms with Gasteiger partial charge in [0.25, 0.3) is 0 Å². The summed E-state index contributed by atoms with van der Waals surface area (Å²) in [7, 11) is -3.76. The van der Waals surface area contributed by atoms with E-state index in [9.17, 15) is 18.0 Å². The van der Waals surface area contributed by atoms with Crippen LogP contribution in [-0.2, 0) is 19.6 Å². The van der Waals surface area contributed by atoms with Crippen molar-refractivity contribution >= 4 is 21.9 Å². The predicted molar refractivity (Wildman–Crippen MR) is 61.6 cm³/mol. The van der Waals surface area contributed by atoms with Gasteiger partial charge in [0.1, 0.15) is 6.54 Å². The maximum Gasteiger partial charge on any atom is 0.318 e. The zero-order chi connectivity index (χ0) is 13.6. The molecule has 1 amide bonds. The molecule has 0 saturated heterocycles. The Balaban J connectivity index is 4.76. The number of nitrogens with two attached hydrogens (primary N) is 1. The fourth-order valence-electron chi connectivity index (χ4n) is 1.09. The summed E-state index contributed by atoms with van der Waals surface area (Å²) in [5.41, 5.74) is 4.88. The maximum atomic E-state index is 11.8. The number of rotatable bonds is 8. The van der Waals surface area contributed by atoms with Crippen LogP contribution in [0.1, 0.15) is 20.3 Å². The standard InChI is InChI=1S/C9H18N2O5S/c1-7(2)3-4-17(15,16)11(5-8(10)12)6-9(13)14/h7H,3-6H2,1-2H3,(H2,10,12)(H,13,14). The molecule has 0 unspecified atom stereocenters. The van der Waals surface area contributed by atoms with Crippen molar-refractivity contribution in [1.82, 2.24) is 4.31 Å². The lowest BCUT2D eigenvalue weighted by molar-refractivity contribution is -0.137. The monoisotopic (exact) mass is 266 g/mol. The van der Waals surface area contributed by atoms with Gasteiger partial charge in [-0.25, -0.2) is 8.42 Å². The topological polar surface area (TPSA) is 118 Å². The highest BCUT2D eigenvalue weighted by atomic mass is 32.2. The minimum absolute atomic E-state index is 0.171. The molecular formula is C9H18N2O5S. The molecule has 0 aliphatic carbocycles. The van der Waals surface area contributed by atoms with E-state index in [1.807, 2.05) is 13.8 Å². The molecular weight excluding hydrogens is 248 g/mol. The Hall–Kier alpha value is -1.15. The molecule has 0 rings (SSSR count). The molecule has 0 atom stereocenters. The number of amides is 1. The smallest absolute Gasteiger partial charge is 0.318 e. The number of hydrogen-bond donors (Lipinski definition) is 2. The Morgan fingerprint density at radius 2 is 1.82 bits per heavy atom. The van der Waals surface area contributed by atoms with E-state index in [0.717, 1.165) is 0 Å². The SMILES string of the molecule is CC(C)CCS(=O)(=O)N(CC(N)=O)CC(=O)O. The van der Waals surface area contributed by atoms with Crippen molar-refractivity contribution in [2.24, 2.45) is 11.7 Å². The summed E-state index contributed by atoms with van der Waals surface area (Å²) < 4.78 is 24.1. The molecule has 0 aliphatic rings. The van der Waals surface area contributed by atoms with Gasteiger partial charge in [0.2, 0.25) is 15.9 Å². The number of carboxylic acids is 1. The molecule has 0 radical (unpaired) electrons. The minimum atomic E-state index is -3.76. The van der Waals surface area contributed by atoms with Gasteiger partial charge in [0, 0.05) is 0 Å². The molecule has 0 saturated carbocycles. The van der Waals surface area contributed by atoms with Crippen LogP contribution in [0.4, 0.5) is 0 Å². The van der Waals surface area contributed by atoms with Crippen molar-refractivity contribution in [3.8, 4) is 0 Å². The van der Waals surface area contributed by atoms with Gasteiger partial charge in [-0.1, -0.05) is 13.8 Å². The van der Waals surface area contributed by atoms with E-state index < -0.39 is 35.0 Å². The molecule has 3 N–H and O–H groups in total. The molecule has 100 valence electrons. The summed E-state index contributed by atoms with van der Waals surface area (Å²) in [6, 6.07) is 0. The average Bonchev–Trinajstić information content (AvgIpc) is 2.12. The predicted octanol–water partition coefficient (Wildman–Crippen LogP) is -0.766. The van der Waals surface area contributed by atoms with Gasteiger partial charge in [-0.05, 0) is 12.3 Å². The van der Waals surface area contributed by atoms with Crippen LogP contribution in [0, 0.1) is 5.92 Å². The molecule has 0 aromatic rings. The number of carbonyl (C=O) groups excluding carboxylic acids is 1. The fraction of sp³-hybridized carbons (Fsp3) is 0.778. The number of carboxylic acid groups (broad SMARTS) is 1. The third kappa shape index (κ3) is 6.90. The Morgan fingerprint density at radius 1 is 1.29 bits per heavy atom. The first-order valence-corrected chi connectivity index (χ1v) is 6.74. The highest BCUT2D eigenvalue weighted by Gasteiger charge is 2.25. The first-order valence-electron chi connectivity index (χ1n) is 5.13. The molecule has 17 heavy (non-hydrogen) atoms. The van der Waals surface area contributed by atoms with Crippen molar-refractivity contribution < 1.29 is 23.1 Å². The number of hydrogen-bond acceptors (Lipinski definition) is 4. The van der Waals surface area contributed by atoms with E-state index in [-0.39, 0.29) is 11.7 Å². The molecule has 0 aliphatic heterocycles. The zero-order valence-electron chi connectivity index (χ0n) is 9.92. The van der Waals surface area contributed by atoms with Crippen LogP contribution < -0.4 is 5.73 Å². The van der Waals surface area contributed by atoms with Crippen molar-refractivity contribution in [3.05, 3.63) is 0 Å². The van der Waals surface area contributed by atoms with Crippen LogP contribution in [0.25, 0.3) is 0 Å². The molecule has 8 heteroatoms. The van der Waals surface area contributed by atoms with Gasteiger partial charge in [-0.15, -0.1) is 0 Å². The van der Waals surface area contributed by atoms with Crippen molar-refractivity contribution in [2.45, 2.75) is 20.3 Å². The lowest BCUT2D eigenvalue weighted by Crippen LogP contribution is -2.42. The first kappa shape index (κ1) is 15.9. The number of carbonyl (C=O) groups is 2. The summed E-state index contributed by atoms with van der Waals surface area (Å²) in [6.45, 7) is 2.35. The fourth-order valence-corrected chi connectivity index (χ4v) is 2.75. The number of sulfonamides is 1. The van der Waals surface area contributed by atoms with E-state index in [1.54, 1.807) is 0 Å². The molecule has 0 heterocycles. The summed E-state index contributed by atoms with van der Waals surface area (Å²) in [6.07, 6.45) is 0.400. The van der Waals surface area contributed by atoms with Gasteiger partial charge in [-0.3, -0.25) is 9.59 Å². The number of nitrogens with zero attached hydrogens (tertiary/aromatic N) is 1. The van der Waals surface area contributed by atoms with Crippen LogP contribution in [0.3, 0.4) is 0 Å². The highest BCUT2D eigenvalue weighted by Crippen LogP contribution is 2.08. The van der Waals surface area contributed by atoms with Crippen LogP contribution in [0.2, 0.25) is 0 Å². The Bertz CT molecular complexity index is 361. The lowest BCUT2D eigenvalue weighted by Gasteiger charge is -2.19. The van der Waals surface area contributed by atoms with E-state index in [1.165, 1.54) is 0 Å².